The highest BCUT2D eigenvalue weighted by Crippen LogP contribution is 2.44. The van der Waals surface area contributed by atoms with Gasteiger partial charge >= 0.3 is 6.03 Å². The molecule has 1 aliphatic carbocycles. The summed E-state index contributed by atoms with van der Waals surface area (Å²) in [6.45, 7) is 1.67. The van der Waals surface area contributed by atoms with Gasteiger partial charge < -0.3 is 14.8 Å². The Kier molecular flexibility index (Phi) is 3.39. The van der Waals surface area contributed by atoms with Crippen LogP contribution in [0.2, 0.25) is 0 Å². The van der Waals surface area contributed by atoms with Crippen molar-refractivity contribution in [1.29, 1.82) is 0 Å². The number of nitrogens with zero attached hydrogens (tertiary/aromatic N) is 1. The van der Waals surface area contributed by atoms with Crippen molar-refractivity contribution in [3.63, 3.8) is 0 Å². The predicted molar refractivity (Wildman–Crippen MR) is 82.7 cm³/mol. The Balaban J connectivity index is 1.67. The fraction of sp³-hybridized carbons (Fsp3) is 0.529. The highest BCUT2D eigenvalue weighted by Gasteiger charge is 2.42. The van der Waals surface area contributed by atoms with Crippen molar-refractivity contribution in [2.24, 2.45) is 0 Å². The van der Waals surface area contributed by atoms with Gasteiger partial charge in [-0.3, -0.25) is 9.69 Å². The van der Waals surface area contributed by atoms with E-state index in [-0.39, 0.29) is 23.9 Å². The van der Waals surface area contributed by atoms with Crippen LogP contribution in [0.3, 0.4) is 0 Å². The highest BCUT2D eigenvalue weighted by atomic mass is 16.6. The van der Waals surface area contributed by atoms with Gasteiger partial charge in [0.2, 0.25) is 5.91 Å². The molecule has 0 bridgehead atoms. The minimum Gasteiger partial charge on any atom is -0.486 e. The second-order valence-corrected chi connectivity index (χ2v) is 6.48. The number of imide groups is 1. The molecule has 1 saturated heterocycles. The maximum atomic E-state index is 12.0. The number of rotatable bonds is 3. The molecule has 2 aliphatic heterocycles. The number of ether oxygens (including phenoxy) is 2. The van der Waals surface area contributed by atoms with Gasteiger partial charge in [-0.25, -0.2) is 4.79 Å². The van der Waals surface area contributed by atoms with E-state index in [1.165, 1.54) is 4.90 Å². The van der Waals surface area contributed by atoms with E-state index in [1.54, 1.807) is 0 Å². The van der Waals surface area contributed by atoms with Gasteiger partial charge in [0.1, 0.15) is 13.2 Å². The van der Waals surface area contributed by atoms with E-state index >= 15 is 0 Å². The molecular formula is C17H20N2O4. The van der Waals surface area contributed by atoms with Gasteiger partial charge in [0.25, 0.3) is 0 Å². The fourth-order valence-electron chi connectivity index (χ4n) is 3.88. The molecule has 2 heterocycles. The van der Waals surface area contributed by atoms with E-state index in [0.29, 0.717) is 19.8 Å². The Morgan fingerprint density at radius 1 is 1.09 bits per heavy atom. The molecule has 2 fully saturated rings. The number of amides is 3. The standard InChI is InChI=1S/C17H20N2O4/c20-15-10-18-16(21)19(15)11-17(5-1-2-6-17)12-3-4-13-14(9-12)23-8-7-22-13/h3-4,9H,1-2,5-8,10-11H2,(H,18,21). The normalized spacial score (nSPS) is 22.3. The van der Waals surface area contributed by atoms with Crippen molar-refractivity contribution in [2.75, 3.05) is 26.3 Å². The number of fused-ring (bicyclic) bond motifs is 1. The van der Waals surface area contributed by atoms with Crippen molar-refractivity contribution in [3.8, 4) is 11.5 Å². The maximum Gasteiger partial charge on any atom is 0.324 e. The lowest BCUT2D eigenvalue weighted by Crippen LogP contribution is -2.42. The van der Waals surface area contributed by atoms with E-state index in [4.69, 9.17) is 9.47 Å². The first-order chi connectivity index (χ1) is 11.2. The first-order valence-electron chi connectivity index (χ1n) is 8.16. The zero-order chi connectivity index (χ0) is 15.9. The van der Waals surface area contributed by atoms with Gasteiger partial charge in [-0.05, 0) is 30.5 Å². The molecule has 6 nitrogen and oxygen atoms in total. The Bertz CT molecular complexity index is 636. The first kappa shape index (κ1) is 14.4. The van der Waals surface area contributed by atoms with Crippen LogP contribution in [0.5, 0.6) is 11.5 Å². The van der Waals surface area contributed by atoms with E-state index < -0.39 is 0 Å². The molecule has 1 aromatic rings. The molecule has 3 aliphatic rings. The third-order valence-electron chi connectivity index (χ3n) is 5.11. The minimum absolute atomic E-state index is 0.107. The first-order valence-corrected chi connectivity index (χ1v) is 8.16. The average molecular weight is 316 g/mol. The van der Waals surface area contributed by atoms with Crippen LogP contribution in [0.1, 0.15) is 31.2 Å². The smallest absolute Gasteiger partial charge is 0.324 e. The maximum absolute atomic E-state index is 12.0. The van der Waals surface area contributed by atoms with Crippen LogP contribution >= 0.6 is 0 Å². The van der Waals surface area contributed by atoms with E-state index in [1.807, 2.05) is 12.1 Å². The third kappa shape index (κ3) is 2.42. The van der Waals surface area contributed by atoms with Gasteiger partial charge in [-0.2, -0.15) is 0 Å². The van der Waals surface area contributed by atoms with Crippen LogP contribution in [0.4, 0.5) is 4.79 Å². The fourth-order valence-corrected chi connectivity index (χ4v) is 3.88. The van der Waals surface area contributed by atoms with Crippen molar-refractivity contribution < 1.29 is 19.1 Å². The minimum atomic E-state index is -0.279. The Hall–Kier alpha value is -2.24. The summed E-state index contributed by atoms with van der Waals surface area (Å²) in [5, 5.41) is 2.60. The van der Waals surface area contributed by atoms with Crippen LogP contribution < -0.4 is 14.8 Å². The zero-order valence-electron chi connectivity index (χ0n) is 13.0. The molecule has 6 heteroatoms. The number of carbonyl (C=O) groups is 2. The SMILES string of the molecule is O=C1CNC(=O)N1CC1(c2ccc3c(c2)OCCO3)CCCC1. The van der Waals surface area contributed by atoms with Crippen LogP contribution in [0.25, 0.3) is 0 Å². The van der Waals surface area contributed by atoms with Crippen molar-refractivity contribution in [2.45, 2.75) is 31.1 Å². The summed E-state index contributed by atoms with van der Waals surface area (Å²) in [5.41, 5.74) is 0.958. The van der Waals surface area contributed by atoms with Crippen LogP contribution in [-0.4, -0.2) is 43.1 Å². The predicted octanol–water partition coefficient (Wildman–Crippen LogP) is 1.82. The number of hydrogen-bond donors (Lipinski definition) is 1. The van der Waals surface area contributed by atoms with E-state index in [2.05, 4.69) is 11.4 Å². The molecule has 0 unspecified atom stereocenters. The van der Waals surface area contributed by atoms with Crippen LogP contribution in [-0.2, 0) is 10.2 Å². The Morgan fingerprint density at radius 3 is 2.52 bits per heavy atom. The molecule has 4 rings (SSSR count). The highest BCUT2D eigenvalue weighted by molar-refractivity contribution is 6.02. The summed E-state index contributed by atoms with van der Waals surface area (Å²) >= 11 is 0. The van der Waals surface area contributed by atoms with Gasteiger partial charge in [-0.15, -0.1) is 0 Å². The monoisotopic (exact) mass is 316 g/mol. The number of urea groups is 1. The molecule has 3 amide bonds. The summed E-state index contributed by atoms with van der Waals surface area (Å²) in [4.78, 5) is 25.3. The summed E-state index contributed by atoms with van der Waals surface area (Å²) in [7, 11) is 0. The summed E-state index contributed by atoms with van der Waals surface area (Å²) in [5.74, 6) is 1.39. The Labute approximate surface area is 134 Å². The largest absolute Gasteiger partial charge is 0.486 e. The van der Waals surface area contributed by atoms with Gasteiger partial charge in [-0.1, -0.05) is 18.9 Å². The van der Waals surface area contributed by atoms with Gasteiger partial charge in [0.15, 0.2) is 11.5 Å². The molecule has 0 spiro atoms. The molecule has 1 saturated carbocycles. The topological polar surface area (TPSA) is 67.9 Å². The van der Waals surface area contributed by atoms with E-state index in [0.717, 1.165) is 42.7 Å². The number of carbonyl (C=O) groups excluding carboxylic acids is 2. The second-order valence-electron chi connectivity index (χ2n) is 6.48. The van der Waals surface area contributed by atoms with E-state index in [9.17, 15) is 9.59 Å². The number of benzene rings is 1. The number of nitrogens with one attached hydrogen (secondary N) is 1. The molecule has 0 radical (unpaired) electrons. The summed E-state index contributed by atoms with van der Waals surface area (Å²) in [6.07, 6.45) is 4.17. The van der Waals surface area contributed by atoms with Crippen molar-refractivity contribution >= 4 is 11.9 Å². The molecule has 122 valence electrons. The summed E-state index contributed by atoms with van der Waals surface area (Å²) < 4.78 is 11.3. The molecule has 0 aromatic heterocycles. The average Bonchev–Trinajstić information content (AvgIpc) is 3.18. The quantitative estimate of drug-likeness (QED) is 0.864. The second kappa shape index (κ2) is 5.44. The molecule has 0 atom stereocenters. The number of hydrogen-bond acceptors (Lipinski definition) is 4. The molecule has 1 aromatic carbocycles. The molecular weight excluding hydrogens is 296 g/mol. The van der Waals surface area contributed by atoms with Crippen molar-refractivity contribution in [1.82, 2.24) is 10.2 Å². The Morgan fingerprint density at radius 2 is 1.83 bits per heavy atom. The van der Waals surface area contributed by atoms with Gasteiger partial charge in [0.05, 0.1) is 6.54 Å². The summed E-state index contributed by atoms with van der Waals surface area (Å²) in [6, 6.07) is 5.74. The lowest BCUT2D eigenvalue weighted by molar-refractivity contribution is -0.125. The lowest BCUT2D eigenvalue weighted by Gasteiger charge is -2.33. The van der Waals surface area contributed by atoms with Crippen molar-refractivity contribution in [3.05, 3.63) is 23.8 Å². The third-order valence-corrected chi connectivity index (χ3v) is 5.11. The van der Waals surface area contributed by atoms with Gasteiger partial charge in [0, 0.05) is 12.0 Å². The molecule has 23 heavy (non-hydrogen) atoms. The van der Waals surface area contributed by atoms with Crippen LogP contribution in [0.15, 0.2) is 18.2 Å². The van der Waals surface area contributed by atoms with Crippen LogP contribution in [0, 0.1) is 0 Å². The zero-order valence-corrected chi connectivity index (χ0v) is 13.0. The lowest BCUT2D eigenvalue weighted by atomic mass is 9.78. The molecule has 1 N–H and O–H groups in total.